The Hall–Kier alpha value is -2.86. The molecule has 0 saturated heterocycles. The molecule has 0 heterocycles. The van der Waals surface area contributed by atoms with Crippen LogP contribution in [-0.2, 0) is 22.4 Å². The average Bonchev–Trinajstić information content (AvgIpc) is 2.63. The number of amides is 2. The van der Waals surface area contributed by atoms with E-state index in [0.29, 0.717) is 19.4 Å². The van der Waals surface area contributed by atoms with Crippen molar-refractivity contribution < 1.29 is 14.3 Å². The third kappa shape index (κ3) is 5.89. The van der Waals surface area contributed by atoms with Gasteiger partial charge in [0.2, 0.25) is 11.8 Å². The number of primary amides is 1. The lowest BCUT2D eigenvalue weighted by atomic mass is 10.0. The van der Waals surface area contributed by atoms with E-state index in [1.807, 2.05) is 61.5 Å². The van der Waals surface area contributed by atoms with E-state index in [1.165, 1.54) is 0 Å². The van der Waals surface area contributed by atoms with Gasteiger partial charge in [-0.2, -0.15) is 0 Å². The lowest BCUT2D eigenvalue weighted by Gasteiger charge is -2.19. The zero-order chi connectivity index (χ0) is 18.9. The van der Waals surface area contributed by atoms with Crippen molar-refractivity contribution in [3.05, 3.63) is 65.7 Å². The van der Waals surface area contributed by atoms with Crippen LogP contribution >= 0.6 is 0 Å². The van der Waals surface area contributed by atoms with Gasteiger partial charge in [-0.25, -0.2) is 0 Å². The molecule has 0 aliphatic heterocycles. The van der Waals surface area contributed by atoms with Crippen LogP contribution in [0.25, 0.3) is 0 Å². The van der Waals surface area contributed by atoms with E-state index in [4.69, 9.17) is 16.2 Å². The summed E-state index contributed by atoms with van der Waals surface area (Å²) in [6.45, 7) is 2.51. The minimum absolute atomic E-state index is 0.331. The Bertz CT molecular complexity index is 717. The fourth-order valence-corrected chi connectivity index (χ4v) is 2.59. The maximum absolute atomic E-state index is 12.4. The molecule has 2 atom stereocenters. The van der Waals surface area contributed by atoms with Crippen LogP contribution in [-0.4, -0.2) is 30.5 Å². The predicted molar refractivity (Wildman–Crippen MR) is 101 cm³/mol. The van der Waals surface area contributed by atoms with Gasteiger partial charge in [-0.15, -0.1) is 0 Å². The van der Waals surface area contributed by atoms with Gasteiger partial charge in [0.15, 0.2) is 0 Å². The quantitative estimate of drug-likeness (QED) is 0.627. The Kier molecular flexibility index (Phi) is 7.17. The van der Waals surface area contributed by atoms with Gasteiger partial charge < -0.3 is 21.5 Å². The van der Waals surface area contributed by atoms with E-state index in [9.17, 15) is 9.59 Å². The van der Waals surface area contributed by atoms with Gasteiger partial charge in [-0.1, -0.05) is 42.5 Å². The molecule has 6 nitrogen and oxygen atoms in total. The second-order valence-electron chi connectivity index (χ2n) is 6.04. The number of hydrogen-bond donors (Lipinski definition) is 3. The second kappa shape index (κ2) is 9.58. The molecule has 2 rings (SSSR count). The van der Waals surface area contributed by atoms with Gasteiger partial charge >= 0.3 is 0 Å². The first-order chi connectivity index (χ1) is 12.5. The highest BCUT2D eigenvalue weighted by Crippen LogP contribution is 2.13. The summed E-state index contributed by atoms with van der Waals surface area (Å²) in [6.07, 6.45) is 0.687. The minimum Gasteiger partial charge on any atom is -0.494 e. The van der Waals surface area contributed by atoms with Crippen molar-refractivity contribution in [2.45, 2.75) is 31.8 Å². The molecule has 0 unspecified atom stereocenters. The Morgan fingerprint density at radius 1 is 1.00 bits per heavy atom. The second-order valence-corrected chi connectivity index (χ2v) is 6.04. The highest BCUT2D eigenvalue weighted by atomic mass is 16.5. The first-order valence-corrected chi connectivity index (χ1v) is 8.60. The molecule has 138 valence electrons. The van der Waals surface area contributed by atoms with E-state index in [0.717, 1.165) is 16.9 Å². The maximum Gasteiger partial charge on any atom is 0.240 e. The first kappa shape index (κ1) is 19.5. The van der Waals surface area contributed by atoms with Crippen molar-refractivity contribution in [3.63, 3.8) is 0 Å². The number of ether oxygens (including phenoxy) is 1. The number of nitrogens with two attached hydrogens (primary N) is 2. The molecular weight excluding hydrogens is 330 g/mol. The Morgan fingerprint density at radius 3 is 2.19 bits per heavy atom. The molecule has 26 heavy (non-hydrogen) atoms. The third-order valence-electron chi connectivity index (χ3n) is 3.97. The molecule has 2 aromatic carbocycles. The third-order valence-corrected chi connectivity index (χ3v) is 3.97. The first-order valence-electron chi connectivity index (χ1n) is 8.60. The van der Waals surface area contributed by atoms with Gasteiger partial charge in [0.05, 0.1) is 12.6 Å². The van der Waals surface area contributed by atoms with Gasteiger partial charge in [-0.3, -0.25) is 9.59 Å². The normalized spacial score (nSPS) is 12.8. The smallest absolute Gasteiger partial charge is 0.240 e. The molecule has 2 amide bonds. The van der Waals surface area contributed by atoms with Crippen molar-refractivity contribution in [1.29, 1.82) is 0 Å². The number of carbonyl (C=O) groups excluding carboxylic acids is 2. The Balaban J connectivity index is 1.94. The molecule has 0 bridgehead atoms. The highest BCUT2D eigenvalue weighted by molar-refractivity contribution is 5.89. The summed E-state index contributed by atoms with van der Waals surface area (Å²) in [7, 11) is 0. The van der Waals surface area contributed by atoms with Crippen LogP contribution in [0.5, 0.6) is 5.75 Å². The van der Waals surface area contributed by atoms with E-state index in [-0.39, 0.29) is 0 Å². The van der Waals surface area contributed by atoms with Crippen LogP contribution in [0.4, 0.5) is 0 Å². The zero-order valence-corrected chi connectivity index (χ0v) is 14.9. The van der Waals surface area contributed by atoms with Crippen LogP contribution in [0.1, 0.15) is 18.1 Å². The minimum atomic E-state index is -0.795. The molecule has 0 spiro atoms. The predicted octanol–water partition coefficient (Wildman–Crippen LogP) is 1.17. The summed E-state index contributed by atoms with van der Waals surface area (Å²) >= 11 is 0. The summed E-state index contributed by atoms with van der Waals surface area (Å²) in [5.41, 5.74) is 13.2. The van der Waals surface area contributed by atoms with E-state index >= 15 is 0 Å². The monoisotopic (exact) mass is 355 g/mol. The van der Waals surface area contributed by atoms with Crippen molar-refractivity contribution >= 4 is 11.8 Å². The van der Waals surface area contributed by atoms with Crippen molar-refractivity contribution in [3.8, 4) is 5.75 Å². The lowest BCUT2D eigenvalue weighted by molar-refractivity contribution is -0.128. The fourth-order valence-electron chi connectivity index (χ4n) is 2.59. The van der Waals surface area contributed by atoms with Crippen molar-refractivity contribution in [2.24, 2.45) is 11.5 Å². The SMILES string of the molecule is CCOc1ccc(C[C@@H](N)C(=O)N[C@@H](Cc2ccccc2)C(N)=O)cc1. The van der Waals surface area contributed by atoms with Gasteiger partial charge in [0.1, 0.15) is 11.8 Å². The molecular formula is C20H25N3O3. The van der Waals surface area contributed by atoms with E-state index < -0.39 is 23.9 Å². The van der Waals surface area contributed by atoms with Gasteiger partial charge in [0.25, 0.3) is 0 Å². The van der Waals surface area contributed by atoms with Crippen LogP contribution in [0.3, 0.4) is 0 Å². The number of carbonyl (C=O) groups is 2. The molecule has 0 saturated carbocycles. The summed E-state index contributed by atoms with van der Waals surface area (Å²) in [5, 5.41) is 2.65. The summed E-state index contributed by atoms with van der Waals surface area (Å²) in [4.78, 5) is 24.0. The largest absolute Gasteiger partial charge is 0.494 e. The van der Waals surface area contributed by atoms with Crippen LogP contribution in [0, 0.1) is 0 Å². The van der Waals surface area contributed by atoms with E-state index in [1.54, 1.807) is 0 Å². The topological polar surface area (TPSA) is 107 Å². The standard InChI is InChI=1S/C20H25N3O3/c1-2-26-16-10-8-15(9-11-16)12-17(21)20(25)23-18(19(22)24)13-14-6-4-3-5-7-14/h3-11,17-18H,2,12-13,21H2,1H3,(H2,22,24)(H,23,25)/t17-,18+/m1/s1. The average molecular weight is 355 g/mol. The zero-order valence-electron chi connectivity index (χ0n) is 14.9. The molecule has 0 radical (unpaired) electrons. The lowest BCUT2D eigenvalue weighted by Crippen LogP contribution is -2.51. The summed E-state index contributed by atoms with van der Waals surface area (Å²) in [6, 6.07) is 15.2. The molecule has 0 aromatic heterocycles. The van der Waals surface area contributed by atoms with Crippen molar-refractivity contribution in [1.82, 2.24) is 5.32 Å². The van der Waals surface area contributed by atoms with Gasteiger partial charge in [0, 0.05) is 6.42 Å². The molecule has 5 N–H and O–H groups in total. The number of benzene rings is 2. The highest BCUT2D eigenvalue weighted by Gasteiger charge is 2.22. The van der Waals surface area contributed by atoms with Crippen molar-refractivity contribution in [2.75, 3.05) is 6.61 Å². The number of rotatable bonds is 9. The molecule has 6 heteroatoms. The van der Waals surface area contributed by atoms with Crippen LogP contribution in [0.2, 0.25) is 0 Å². The number of nitrogens with one attached hydrogen (secondary N) is 1. The fraction of sp³-hybridized carbons (Fsp3) is 0.300. The van der Waals surface area contributed by atoms with Gasteiger partial charge in [-0.05, 0) is 36.6 Å². The molecule has 0 fully saturated rings. The number of hydrogen-bond acceptors (Lipinski definition) is 4. The van der Waals surface area contributed by atoms with Crippen LogP contribution in [0.15, 0.2) is 54.6 Å². The molecule has 0 aliphatic rings. The molecule has 2 aromatic rings. The summed E-state index contributed by atoms with van der Waals surface area (Å²) in [5.74, 6) is -0.222. The molecule has 0 aliphatic carbocycles. The van der Waals surface area contributed by atoms with Crippen LogP contribution < -0.4 is 21.5 Å². The Morgan fingerprint density at radius 2 is 1.62 bits per heavy atom. The summed E-state index contributed by atoms with van der Waals surface area (Å²) < 4.78 is 5.39. The Labute approximate surface area is 153 Å². The maximum atomic E-state index is 12.4. The van der Waals surface area contributed by atoms with E-state index in [2.05, 4.69) is 5.32 Å².